The van der Waals surface area contributed by atoms with Gasteiger partial charge in [0.1, 0.15) is 5.82 Å². The number of halogens is 2. The Morgan fingerprint density at radius 3 is 2.65 bits per heavy atom. The van der Waals surface area contributed by atoms with E-state index < -0.39 is 18.0 Å². The highest BCUT2D eigenvalue weighted by Crippen LogP contribution is 2.23. The second-order valence-corrected chi connectivity index (χ2v) is 5.28. The lowest BCUT2D eigenvalue weighted by Gasteiger charge is -2.18. The van der Waals surface area contributed by atoms with Gasteiger partial charge in [-0.15, -0.1) is 4.99 Å². The van der Waals surface area contributed by atoms with Crippen LogP contribution in [-0.2, 0) is 16.3 Å². The molecule has 0 aliphatic carbocycles. The molecule has 7 heteroatoms. The Morgan fingerprint density at radius 1 is 1.30 bits per heavy atom. The van der Waals surface area contributed by atoms with Gasteiger partial charge in [0.05, 0.1) is 10.6 Å². The molecule has 2 rings (SSSR count). The summed E-state index contributed by atoms with van der Waals surface area (Å²) in [6, 6.07) is 11.9. The zero-order valence-corrected chi connectivity index (χ0v) is 13.1. The number of nitrogens with two attached hydrogens (primary N) is 1. The molecule has 1 atom stereocenters. The first-order valence-corrected chi connectivity index (χ1v) is 7.22. The van der Waals surface area contributed by atoms with Crippen molar-refractivity contribution >= 4 is 17.5 Å². The number of amides is 1. The highest BCUT2D eigenvalue weighted by molar-refractivity contribution is 6.34. The summed E-state index contributed by atoms with van der Waals surface area (Å²) in [6.45, 7) is 1.68. The molecule has 0 fully saturated rings. The fraction of sp³-hybridized carbons (Fsp3) is 0.188. The van der Waals surface area contributed by atoms with Crippen LogP contribution in [0, 0.1) is 12.7 Å². The predicted octanol–water partition coefficient (Wildman–Crippen LogP) is 2.91. The molecule has 1 amide bonds. The average molecular weight is 339 g/mol. The molecule has 23 heavy (non-hydrogen) atoms. The molecule has 0 spiro atoms. The highest BCUT2D eigenvalue weighted by atomic mass is 35.5. The van der Waals surface area contributed by atoms with Crippen LogP contribution in [-0.4, -0.2) is 12.1 Å². The summed E-state index contributed by atoms with van der Waals surface area (Å²) in [6.07, 6.45) is -0.611. The van der Waals surface area contributed by atoms with Crippen molar-refractivity contribution in [1.29, 1.82) is 0 Å². The number of rotatable bonds is 6. The SMILES string of the molecule is Cc1ccc(F)c(C(=O)N[C@H](Cc2ccccc2)OON)c1Cl. The number of hydrogen-bond acceptors (Lipinski definition) is 4. The molecule has 3 N–H and O–H groups in total. The number of benzene rings is 2. The van der Waals surface area contributed by atoms with Crippen LogP contribution in [0.1, 0.15) is 21.5 Å². The third-order valence-electron chi connectivity index (χ3n) is 3.24. The Balaban J connectivity index is 2.17. The molecular formula is C16H16ClFN2O3. The number of aryl methyl sites for hydroxylation is 1. The van der Waals surface area contributed by atoms with Crippen LogP contribution in [0.4, 0.5) is 4.39 Å². The Labute approximate surface area is 138 Å². The van der Waals surface area contributed by atoms with Crippen LogP contribution in [0.2, 0.25) is 5.02 Å². The van der Waals surface area contributed by atoms with E-state index in [1.165, 1.54) is 12.1 Å². The van der Waals surface area contributed by atoms with Crippen molar-refractivity contribution in [3.63, 3.8) is 0 Å². The van der Waals surface area contributed by atoms with E-state index in [-0.39, 0.29) is 17.0 Å². The second-order valence-electron chi connectivity index (χ2n) is 4.90. The molecule has 0 unspecified atom stereocenters. The topological polar surface area (TPSA) is 73.6 Å². The van der Waals surface area contributed by atoms with Gasteiger partial charge in [-0.05, 0) is 24.1 Å². The number of carbonyl (C=O) groups is 1. The van der Waals surface area contributed by atoms with E-state index in [0.29, 0.717) is 5.56 Å². The van der Waals surface area contributed by atoms with Crippen LogP contribution in [0.5, 0.6) is 0 Å². The van der Waals surface area contributed by atoms with Gasteiger partial charge < -0.3 is 5.32 Å². The zero-order valence-electron chi connectivity index (χ0n) is 12.4. The minimum absolute atomic E-state index is 0.0506. The van der Waals surface area contributed by atoms with Gasteiger partial charge in [0.2, 0.25) is 0 Å². The summed E-state index contributed by atoms with van der Waals surface area (Å²) in [7, 11) is 0. The lowest BCUT2D eigenvalue weighted by Crippen LogP contribution is -2.39. The zero-order chi connectivity index (χ0) is 16.8. The molecule has 2 aromatic rings. The minimum Gasteiger partial charge on any atom is -0.324 e. The number of carbonyl (C=O) groups excluding carboxylic acids is 1. The largest absolute Gasteiger partial charge is 0.324 e. The van der Waals surface area contributed by atoms with Crippen LogP contribution in [0.25, 0.3) is 0 Å². The average Bonchev–Trinajstić information content (AvgIpc) is 2.52. The van der Waals surface area contributed by atoms with Crippen LogP contribution in [0.3, 0.4) is 0 Å². The van der Waals surface area contributed by atoms with E-state index in [1.807, 2.05) is 30.3 Å². The molecule has 0 radical (unpaired) electrons. The molecule has 0 heterocycles. The molecular weight excluding hydrogens is 323 g/mol. The lowest BCUT2D eigenvalue weighted by atomic mass is 10.1. The monoisotopic (exact) mass is 338 g/mol. The van der Waals surface area contributed by atoms with Gasteiger partial charge in [-0.1, -0.05) is 48.0 Å². The maximum Gasteiger partial charge on any atom is 0.257 e. The van der Waals surface area contributed by atoms with E-state index in [9.17, 15) is 9.18 Å². The van der Waals surface area contributed by atoms with Gasteiger partial charge in [0.15, 0.2) is 6.23 Å². The van der Waals surface area contributed by atoms with Crippen molar-refractivity contribution in [1.82, 2.24) is 5.32 Å². The molecule has 0 aromatic heterocycles. The van der Waals surface area contributed by atoms with Crippen molar-refractivity contribution in [3.05, 3.63) is 70.0 Å². The first-order valence-electron chi connectivity index (χ1n) is 6.84. The Hall–Kier alpha value is -1.99. The van der Waals surface area contributed by atoms with E-state index in [4.69, 9.17) is 22.4 Å². The van der Waals surface area contributed by atoms with Crippen LogP contribution < -0.4 is 11.2 Å². The first-order chi connectivity index (χ1) is 11.0. The fourth-order valence-corrected chi connectivity index (χ4v) is 2.33. The predicted molar refractivity (Wildman–Crippen MR) is 83.9 cm³/mol. The van der Waals surface area contributed by atoms with Crippen molar-refractivity contribution in [2.75, 3.05) is 0 Å². The third-order valence-corrected chi connectivity index (χ3v) is 3.73. The summed E-state index contributed by atoms with van der Waals surface area (Å²) in [5, 5.41) is 2.55. The minimum atomic E-state index is -0.897. The summed E-state index contributed by atoms with van der Waals surface area (Å²) in [5.74, 6) is 3.48. The fourth-order valence-electron chi connectivity index (χ4n) is 2.09. The van der Waals surface area contributed by atoms with Gasteiger partial charge in [0, 0.05) is 6.42 Å². The van der Waals surface area contributed by atoms with Crippen molar-refractivity contribution < 1.29 is 19.1 Å². The summed E-state index contributed by atoms with van der Waals surface area (Å²) < 4.78 is 13.9. The summed E-state index contributed by atoms with van der Waals surface area (Å²) >= 11 is 6.02. The maximum absolute atomic E-state index is 13.9. The van der Waals surface area contributed by atoms with E-state index >= 15 is 0 Å². The highest BCUT2D eigenvalue weighted by Gasteiger charge is 2.22. The third kappa shape index (κ3) is 4.49. The normalized spacial score (nSPS) is 12.0. The quantitative estimate of drug-likeness (QED) is 0.482. The molecule has 5 nitrogen and oxygen atoms in total. The molecule has 0 saturated carbocycles. The van der Waals surface area contributed by atoms with Crippen LogP contribution in [0.15, 0.2) is 42.5 Å². The van der Waals surface area contributed by atoms with Crippen LogP contribution >= 0.6 is 11.6 Å². The van der Waals surface area contributed by atoms with E-state index in [2.05, 4.69) is 10.3 Å². The van der Waals surface area contributed by atoms with Gasteiger partial charge in [-0.3, -0.25) is 4.79 Å². The number of hydrogen-bond donors (Lipinski definition) is 2. The van der Waals surface area contributed by atoms with Gasteiger partial charge in [-0.2, -0.15) is 10.8 Å². The molecule has 122 valence electrons. The van der Waals surface area contributed by atoms with Gasteiger partial charge in [0.25, 0.3) is 5.91 Å². The van der Waals surface area contributed by atoms with E-state index in [1.54, 1.807) is 6.92 Å². The maximum atomic E-state index is 13.9. The van der Waals surface area contributed by atoms with Gasteiger partial charge in [-0.25, -0.2) is 4.39 Å². The summed E-state index contributed by atoms with van der Waals surface area (Å²) in [5.41, 5.74) is 1.23. The Kier molecular flexibility index (Phi) is 6.06. The number of nitrogens with one attached hydrogen (secondary N) is 1. The first kappa shape index (κ1) is 17.4. The summed E-state index contributed by atoms with van der Waals surface area (Å²) in [4.78, 5) is 21.3. The van der Waals surface area contributed by atoms with E-state index in [0.717, 1.165) is 5.56 Å². The molecule has 0 aliphatic heterocycles. The molecule has 0 bridgehead atoms. The van der Waals surface area contributed by atoms with Crippen molar-refractivity contribution in [2.24, 2.45) is 5.90 Å². The Morgan fingerprint density at radius 2 is 2.00 bits per heavy atom. The molecule has 0 aliphatic rings. The van der Waals surface area contributed by atoms with Gasteiger partial charge >= 0.3 is 0 Å². The van der Waals surface area contributed by atoms with Crippen molar-refractivity contribution in [3.8, 4) is 0 Å². The smallest absolute Gasteiger partial charge is 0.257 e. The standard InChI is InChI=1S/C16H16ClFN2O3/c1-10-7-8-12(18)14(15(10)17)16(21)20-13(22-23-19)9-11-5-3-2-4-6-11/h2-8,13H,9,19H2,1H3,(H,20,21)/t13-/m0/s1. The molecule has 2 aromatic carbocycles. The second kappa shape index (κ2) is 8.03. The molecule has 0 saturated heterocycles. The Bertz CT molecular complexity index is 683. The van der Waals surface area contributed by atoms with Crippen molar-refractivity contribution in [2.45, 2.75) is 19.6 Å². The lowest BCUT2D eigenvalue weighted by molar-refractivity contribution is -0.332.